The first-order valence-electron chi connectivity index (χ1n) is 8.78. The van der Waals surface area contributed by atoms with Gasteiger partial charge in [0.2, 0.25) is 0 Å². The molecule has 1 aromatic rings. The Bertz CT molecular complexity index is 692. The fourth-order valence-electron chi connectivity index (χ4n) is 3.92. The number of benzene rings is 1. The molecule has 1 fully saturated rings. The second-order valence-corrected chi connectivity index (χ2v) is 7.03. The molecule has 0 heterocycles. The van der Waals surface area contributed by atoms with Crippen LogP contribution in [0.1, 0.15) is 44.9 Å². The smallest absolute Gasteiger partial charge is 0.168 e. The number of hydrogen-bond acceptors (Lipinski definition) is 5. The maximum Gasteiger partial charge on any atom is 0.168 e. The van der Waals surface area contributed by atoms with Gasteiger partial charge in [-0.25, -0.2) is 0 Å². The largest absolute Gasteiger partial charge is 0.511 e. The van der Waals surface area contributed by atoms with E-state index in [0.717, 1.165) is 25.7 Å². The van der Waals surface area contributed by atoms with Crippen LogP contribution in [0, 0.1) is 5.41 Å². The average Bonchev–Trinajstić information content (AvgIpc) is 2.61. The van der Waals surface area contributed by atoms with E-state index in [1.54, 1.807) is 32.4 Å². The molecule has 2 aliphatic rings. The molecule has 0 atom stereocenters. The van der Waals surface area contributed by atoms with E-state index < -0.39 is 0 Å². The number of ketones is 1. The Morgan fingerprint density at radius 1 is 1.04 bits per heavy atom. The average molecular weight is 343 g/mol. The number of aliphatic imine (C=N–C) groups is 1. The Morgan fingerprint density at radius 3 is 2.24 bits per heavy atom. The summed E-state index contributed by atoms with van der Waals surface area (Å²) in [6.07, 6.45) is 8.15. The van der Waals surface area contributed by atoms with Gasteiger partial charge in [-0.2, -0.15) is 0 Å². The first kappa shape index (κ1) is 17.5. The minimum absolute atomic E-state index is 0.00994. The highest BCUT2D eigenvalue weighted by Crippen LogP contribution is 2.47. The third-order valence-corrected chi connectivity index (χ3v) is 5.28. The Labute approximate surface area is 148 Å². The fourth-order valence-corrected chi connectivity index (χ4v) is 3.92. The fraction of sp³-hybridized carbons (Fsp3) is 0.500. The standard InChI is InChI=1S/C20H25NO4/c1-24-15-8-14(9-16(10-15)25-2)21-13-17-18(22)11-20(12-19(17)23)6-4-3-5-7-20/h8-10,13,22H,3-7,11-12H2,1-2H3. The molecule has 1 N–H and O–H groups in total. The summed E-state index contributed by atoms with van der Waals surface area (Å²) in [6, 6.07) is 5.27. The van der Waals surface area contributed by atoms with Crippen LogP contribution in [-0.2, 0) is 4.79 Å². The van der Waals surface area contributed by atoms with Crippen molar-refractivity contribution in [1.29, 1.82) is 0 Å². The molecule has 1 spiro atoms. The normalized spacial score (nSPS) is 20.3. The highest BCUT2D eigenvalue weighted by Gasteiger charge is 2.40. The molecule has 0 radical (unpaired) electrons. The van der Waals surface area contributed by atoms with Gasteiger partial charge in [0, 0.05) is 37.3 Å². The lowest BCUT2D eigenvalue weighted by Crippen LogP contribution is -2.33. The Morgan fingerprint density at radius 2 is 1.68 bits per heavy atom. The van der Waals surface area contributed by atoms with Gasteiger partial charge in [-0.1, -0.05) is 19.3 Å². The summed E-state index contributed by atoms with van der Waals surface area (Å²) in [6.45, 7) is 0. The van der Waals surface area contributed by atoms with Crippen molar-refractivity contribution in [2.24, 2.45) is 10.4 Å². The van der Waals surface area contributed by atoms with E-state index in [1.807, 2.05) is 0 Å². The number of Topliss-reactive ketones (excluding diaryl/α,β-unsaturated/α-hetero) is 1. The van der Waals surface area contributed by atoms with Crippen molar-refractivity contribution in [2.45, 2.75) is 44.9 Å². The Hall–Kier alpha value is -2.30. The molecule has 3 rings (SSSR count). The third kappa shape index (κ3) is 3.86. The minimum atomic E-state index is -0.0318. The van der Waals surface area contributed by atoms with Crippen molar-refractivity contribution in [1.82, 2.24) is 0 Å². The molecule has 1 saturated carbocycles. The Balaban J connectivity index is 1.83. The second kappa shape index (κ2) is 7.30. The maximum atomic E-state index is 12.6. The van der Waals surface area contributed by atoms with Crippen LogP contribution in [0.2, 0.25) is 0 Å². The highest BCUT2D eigenvalue weighted by molar-refractivity contribution is 6.15. The molecule has 2 aliphatic carbocycles. The quantitative estimate of drug-likeness (QED) is 0.816. The molecule has 1 aromatic carbocycles. The van der Waals surface area contributed by atoms with Crippen LogP contribution in [0.15, 0.2) is 34.5 Å². The van der Waals surface area contributed by atoms with Crippen LogP contribution in [0.4, 0.5) is 5.69 Å². The van der Waals surface area contributed by atoms with Gasteiger partial charge in [0.05, 0.1) is 25.5 Å². The first-order valence-corrected chi connectivity index (χ1v) is 8.78. The molecule has 25 heavy (non-hydrogen) atoms. The summed E-state index contributed by atoms with van der Waals surface area (Å²) in [7, 11) is 3.15. The molecule has 0 bridgehead atoms. The second-order valence-electron chi connectivity index (χ2n) is 7.03. The van der Waals surface area contributed by atoms with Crippen LogP contribution < -0.4 is 9.47 Å². The lowest BCUT2D eigenvalue weighted by Gasteiger charge is -2.39. The SMILES string of the molecule is COc1cc(N=CC2=C(O)CC3(CCCCC3)CC2=O)cc(OC)c1. The summed E-state index contributed by atoms with van der Waals surface area (Å²) >= 11 is 0. The van der Waals surface area contributed by atoms with E-state index in [0.29, 0.717) is 35.6 Å². The van der Waals surface area contributed by atoms with Gasteiger partial charge < -0.3 is 14.6 Å². The van der Waals surface area contributed by atoms with Gasteiger partial charge in [0.25, 0.3) is 0 Å². The van der Waals surface area contributed by atoms with Crippen LogP contribution in [-0.4, -0.2) is 31.3 Å². The van der Waals surface area contributed by atoms with Gasteiger partial charge >= 0.3 is 0 Å². The molecule has 0 amide bonds. The summed E-state index contributed by atoms with van der Waals surface area (Å²) in [5.74, 6) is 1.42. The lowest BCUT2D eigenvalue weighted by atomic mass is 9.65. The summed E-state index contributed by atoms with van der Waals surface area (Å²) < 4.78 is 10.4. The van der Waals surface area contributed by atoms with Gasteiger partial charge in [-0.3, -0.25) is 9.79 Å². The first-order chi connectivity index (χ1) is 12.0. The zero-order chi connectivity index (χ0) is 17.9. The third-order valence-electron chi connectivity index (χ3n) is 5.28. The van der Waals surface area contributed by atoms with Crippen molar-refractivity contribution >= 4 is 17.7 Å². The highest BCUT2D eigenvalue weighted by atomic mass is 16.5. The molecule has 5 nitrogen and oxygen atoms in total. The number of aliphatic hydroxyl groups is 1. The topological polar surface area (TPSA) is 68.1 Å². The van der Waals surface area contributed by atoms with Crippen molar-refractivity contribution in [3.8, 4) is 11.5 Å². The van der Waals surface area contributed by atoms with Gasteiger partial charge in [0.1, 0.15) is 17.3 Å². The number of nitrogens with zero attached hydrogens (tertiary/aromatic N) is 1. The van der Waals surface area contributed by atoms with E-state index in [1.165, 1.54) is 12.6 Å². The number of rotatable bonds is 4. The van der Waals surface area contributed by atoms with Crippen LogP contribution in [0.3, 0.4) is 0 Å². The number of methoxy groups -OCH3 is 2. The molecule has 0 unspecified atom stereocenters. The minimum Gasteiger partial charge on any atom is -0.511 e. The number of carbonyl (C=O) groups is 1. The number of carbonyl (C=O) groups excluding carboxylic acids is 1. The summed E-state index contributed by atoms with van der Waals surface area (Å²) in [5, 5.41) is 10.5. The van der Waals surface area contributed by atoms with Crippen LogP contribution in [0.5, 0.6) is 11.5 Å². The molecule has 0 saturated heterocycles. The van der Waals surface area contributed by atoms with E-state index >= 15 is 0 Å². The molecule has 134 valence electrons. The molecular formula is C20H25NO4. The number of ether oxygens (including phenoxy) is 2. The van der Waals surface area contributed by atoms with Crippen molar-refractivity contribution in [3.63, 3.8) is 0 Å². The van der Waals surface area contributed by atoms with Crippen molar-refractivity contribution in [2.75, 3.05) is 14.2 Å². The molecule has 0 aliphatic heterocycles. The maximum absolute atomic E-state index is 12.6. The van der Waals surface area contributed by atoms with Gasteiger partial charge in [-0.05, 0) is 18.3 Å². The summed E-state index contributed by atoms with van der Waals surface area (Å²) in [5.41, 5.74) is 0.913. The number of allylic oxidation sites excluding steroid dienone is 2. The predicted octanol–water partition coefficient (Wildman–Crippen LogP) is 4.53. The van der Waals surface area contributed by atoms with E-state index in [9.17, 15) is 9.90 Å². The van der Waals surface area contributed by atoms with E-state index in [4.69, 9.17) is 9.47 Å². The zero-order valence-corrected chi connectivity index (χ0v) is 14.9. The monoisotopic (exact) mass is 343 g/mol. The molecule has 5 heteroatoms. The van der Waals surface area contributed by atoms with Gasteiger partial charge in [-0.15, -0.1) is 0 Å². The number of hydrogen-bond donors (Lipinski definition) is 1. The van der Waals surface area contributed by atoms with Crippen molar-refractivity contribution < 1.29 is 19.4 Å². The van der Waals surface area contributed by atoms with E-state index in [2.05, 4.69) is 4.99 Å². The lowest BCUT2D eigenvalue weighted by molar-refractivity contribution is -0.119. The van der Waals surface area contributed by atoms with Crippen LogP contribution >= 0.6 is 0 Å². The number of aliphatic hydroxyl groups excluding tert-OH is 1. The molecular weight excluding hydrogens is 318 g/mol. The zero-order valence-electron chi connectivity index (χ0n) is 14.9. The summed E-state index contributed by atoms with van der Waals surface area (Å²) in [4.78, 5) is 16.9. The molecule has 0 aromatic heterocycles. The van der Waals surface area contributed by atoms with Crippen molar-refractivity contribution in [3.05, 3.63) is 29.5 Å². The predicted molar refractivity (Wildman–Crippen MR) is 97.1 cm³/mol. The van der Waals surface area contributed by atoms with Gasteiger partial charge in [0.15, 0.2) is 5.78 Å². The van der Waals surface area contributed by atoms with E-state index in [-0.39, 0.29) is 17.0 Å². The van der Waals surface area contributed by atoms with Crippen LogP contribution in [0.25, 0.3) is 0 Å². The Kier molecular flexibility index (Phi) is 5.11.